The van der Waals surface area contributed by atoms with Crippen LogP contribution in [0.1, 0.15) is 6.42 Å². The third-order valence-electron chi connectivity index (χ3n) is 3.99. The highest BCUT2D eigenvalue weighted by molar-refractivity contribution is 8.15. The van der Waals surface area contributed by atoms with Crippen LogP contribution in [0, 0.1) is 0 Å². The Morgan fingerprint density at radius 2 is 1.90 bits per heavy atom. The maximum atomic E-state index is 12.8. The molecule has 0 aliphatic carbocycles. The first kappa shape index (κ1) is 22.3. The number of rotatable bonds is 5. The number of nitrogens with one attached hydrogen (secondary N) is 1. The van der Waals surface area contributed by atoms with Crippen molar-refractivity contribution in [3.63, 3.8) is 0 Å². The molecule has 11 heteroatoms. The van der Waals surface area contributed by atoms with E-state index in [1.807, 2.05) is 0 Å². The second kappa shape index (κ2) is 9.20. The van der Waals surface area contributed by atoms with Crippen molar-refractivity contribution in [2.75, 3.05) is 17.3 Å². The molecule has 6 nitrogen and oxygen atoms in total. The summed E-state index contributed by atoms with van der Waals surface area (Å²) >= 11 is 11.9. The first-order valence-electron chi connectivity index (χ1n) is 8.55. The summed E-state index contributed by atoms with van der Waals surface area (Å²) in [5.74, 6) is -0.867. The molecule has 0 bridgehead atoms. The normalized spacial score (nSPS) is 17.4. The molecule has 30 heavy (non-hydrogen) atoms. The summed E-state index contributed by atoms with van der Waals surface area (Å²) in [7, 11) is 1.52. The number of aliphatic imine (C=N–C) groups is 1. The van der Waals surface area contributed by atoms with Crippen LogP contribution in [0.3, 0.4) is 0 Å². The molecule has 1 atom stereocenters. The minimum atomic E-state index is -3.80. The largest absolute Gasteiger partial charge is 0.487 e. The number of thioether (sulfide) groups is 1. The standard InChI is InChI=1S/C19H15Cl2F2N3O3S/c1-24-18(25-11-6-8-12(9-7-11)29-19(21,22)23)30-15-10-16(27)26(17(15)28)14-5-3-2-4-13(14)20/h2-9,15H,10H2,1H3,(H,24,25). The summed E-state index contributed by atoms with van der Waals surface area (Å²) in [6, 6.07) is 12.2. The predicted molar refractivity (Wildman–Crippen MR) is 115 cm³/mol. The van der Waals surface area contributed by atoms with E-state index in [1.165, 1.54) is 31.3 Å². The summed E-state index contributed by atoms with van der Waals surface area (Å²) in [5, 5.41) is 2.97. The third-order valence-corrected chi connectivity index (χ3v) is 5.55. The topological polar surface area (TPSA) is 71.0 Å². The number of nitrogens with zero attached hydrogens (tertiary/aromatic N) is 2. The molecule has 1 unspecified atom stereocenters. The summed E-state index contributed by atoms with van der Waals surface area (Å²) in [5.41, 5.74) is -2.94. The van der Waals surface area contributed by atoms with E-state index in [9.17, 15) is 18.4 Å². The fraction of sp³-hybridized carbons (Fsp3) is 0.211. The minimum Gasteiger partial charge on any atom is -0.420 e. The lowest BCUT2D eigenvalue weighted by molar-refractivity contribution is -0.121. The van der Waals surface area contributed by atoms with Crippen LogP contribution in [0.5, 0.6) is 5.75 Å². The maximum absolute atomic E-state index is 12.8. The van der Waals surface area contributed by atoms with Crippen molar-refractivity contribution < 1.29 is 23.1 Å². The van der Waals surface area contributed by atoms with Crippen LogP contribution in [0.15, 0.2) is 53.5 Å². The van der Waals surface area contributed by atoms with Crippen molar-refractivity contribution in [3.05, 3.63) is 53.6 Å². The smallest absolute Gasteiger partial charge is 0.420 e. The Morgan fingerprint density at radius 3 is 2.50 bits per heavy atom. The monoisotopic (exact) mass is 473 g/mol. The average molecular weight is 474 g/mol. The van der Waals surface area contributed by atoms with Crippen molar-refractivity contribution in [2.24, 2.45) is 4.99 Å². The molecule has 0 aromatic heterocycles. The molecule has 0 radical (unpaired) electrons. The van der Waals surface area contributed by atoms with Gasteiger partial charge in [0.25, 0.3) is 0 Å². The lowest BCUT2D eigenvalue weighted by atomic mass is 10.3. The van der Waals surface area contributed by atoms with Gasteiger partial charge in [-0.2, -0.15) is 0 Å². The molecule has 1 aliphatic heterocycles. The zero-order valence-corrected chi connectivity index (χ0v) is 17.8. The Labute approximate surface area is 185 Å². The van der Waals surface area contributed by atoms with E-state index in [2.05, 4.69) is 15.0 Å². The van der Waals surface area contributed by atoms with E-state index in [4.69, 9.17) is 23.2 Å². The average Bonchev–Trinajstić information content (AvgIpc) is 2.95. The van der Waals surface area contributed by atoms with Crippen molar-refractivity contribution in [1.29, 1.82) is 0 Å². The summed E-state index contributed by atoms with van der Waals surface area (Å²) in [6.45, 7) is 0. The molecule has 1 aliphatic rings. The van der Waals surface area contributed by atoms with Crippen LogP contribution in [0.25, 0.3) is 0 Å². The first-order chi connectivity index (χ1) is 14.2. The lowest BCUT2D eigenvalue weighted by Gasteiger charge is -2.17. The molecule has 158 valence electrons. The number of para-hydroxylation sites is 1. The molecule has 1 N–H and O–H groups in total. The van der Waals surface area contributed by atoms with Gasteiger partial charge in [-0.25, -0.2) is 4.90 Å². The van der Waals surface area contributed by atoms with Gasteiger partial charge in [0.1, 0.15) is 11.0 Å². The quantitative estimate of drug-likeness (QED) is 0.287. The second-order valence-corrected chi connectivity index (χ2v) is 8.09. The number of anilines is 2. The summed E-state index contributed by atoms with van der Waals surface area (Å²) in [4.78, 5) is 30.4. The number of amides is 2. The molecule has 1 saturated heterocycles. The van der Waals surface area contributed by atoms with Crippen LogP contribution in [0.2, 0.25) is 5.02 Å². The Bertz CT molecular complexity index is 984. The van der Waals surface area contributed by atoms with Crippen molar-refractivity contribution in [1.82, 2.24) is 0 Å². The van der Waals surface area contributed by atoms with Gasteiger partial charge in [0.2, 0.25) is 11.8 Å². The molecule has 0 saturated carbocycles. The number of hydrogen-bond acceptors (Lipinski definition) is 5. The molecule has 1 fully saturated rings. The highest BCUT2D eigenvalue weighted by Crippen LogP contribution is 2.34. The minimum absolute atomic E-state index is 0.00694. The third kappa shape index (κ3) is 5.41. The number of alkyl halides is 3. The van der Waals surface area contributed by atoms with Crippen LogP contribution in [0.4, 0.5) is 20.2 Å². The van der Waals surface area contributed by atoms with Gasteiger partial charge in [-0.05, 0) is 36.4 Å². The van der Waals surface area contributed by atoms with E-state index in [-0.39, 0.29) is 18.1 Å². The molecular weight excluding hydrogens is 459 g/mol. The molecule has 2 amide bonds. The summed E-state index contributed by atoms with van der Waals surface area (Å²) in [6.07, 6.45) is -0.00694. The van der Waals surface area contributed by atoms with Crippen LogP contribution in [-0.4, -0.2) is 34.8 Å². The van der Waals surface area contributed by atoms with E-state index in [0.29, 0.717) is 21.6 Å². The first-order valence-corrected chi connectivity index (χ1v) is 10.2. The van der Waals surface area contributed by atoms with E-state index < -0.39 is 16.7 Å². The number of carbonyl (C=O) groups is 2. The number of benzene rings is 2. The lowest BCUT2D eigenvalue weighted by Crippen LogP contribution is -2.32. The zero-order chi connectivity index (χ0) is 21.9. The van der Waals surface area contributed by atoms with Gasteiger partial charge in [0, 0.05) is 30.8 Å². The number of hydrogen-bond donors (Lipinski definition) is 1. The number of imide groups is 1. The van der Waals surface area contributed by atoms with Gasteiger partial charge in [0.05, 0.1) is 10.7 Å². The fourth-order valence-corrected chi connectivity index (χ4v) is 4.01. The predicted octanol–water partition coefficient (Wildman–Crippen LogP) is 4.97. The Kier molecular flexibility index (Phi) is 6.84. The van der Waals surface area contributed by atoms with Gasteiger partial charge in [-0.3, -0.25) is 14.6 Å². The van der Waals surface area contributed by atoms with Crippen molar-refractivity contribution in [2.45, 2.75) is 17.2 Å². The van der Waals surface area contributed by atoms with E-state index in [1.54, 1.807) is 24.3 Å². The van der Waals surface area contributed by atoms with Crippen molar-refractivity contribution in [3.8, 4) is 5.75 Å². The number of ether oxygens (including phenoxy) is 1. The van der Waals surface area contributed by atoms with Crippen molar-refractivity contribution >= 4 is 63.3 Å². The molecule has 1 heterocycles. The van der Waals surface area contributed by atoms with Crippen LogP contribution in [-0.2, 0) is 9.59 Å². The molecular formula is C19H15Cl2F2N3O3S. The fourth-order valence-electron chi connectivity index (χ4n) is 2.72. The Morgan fingerprint density at radius 1 is 1.23 bits per heavy atom. The Balaban J connectivity index is 1.67. The van der Waals surface area contributed by atoms with Gasteiger partial charge in [-0.1, -0.05) is 35.5 Å². The second-order valence-electron chi connectivity index (χ2n) is 6.06. The Hall–Kier alpha value is -2.36. The van der Waals surface area contributed by atoms with E-state index in [0.717, 1.165) is 16.7 Å². The van der Waals surface area contributed by atoms with Gasteiger partial charge in [-0.15, -0.1) is 8.78 Å². The number of halogens is 4. The van der Waals surface area contributed by atoms with Crippen LogP contribution < -0.4 is 15.0 Å². The maximum Gasteiger partial charge on any atom is 0.487 e. The molecule has 3 rings (SSSR count). The molecule has 2 aromatic rings. The number of carbonyl (C=O) groups excluding carboxylic acids is 2. The highest BCUT2D eigenvalue weighted by Gasteiger charge is 2.41. The number of amidine groups is 1. The zero-order valence-electron chi connectivity index (χ0n) is 15.4. The molecule has 2 aromatic carbocycles. The summed E-state index contributed by atoms with van der Waals surface area (Å²) < 4.78 is 29.6. The van der Waals surface area contributed by atoms with Gasteiger partial charge >= 0.3 is 5.57 Å². The molecule has 0 spiro atoms. The SMILES string of the molecule is CN=C(Nc1ccc(OC(F)(F)Cl)cc1)SC1CC(=O)N(c2ccccc2Cl)C1=O. The van der Waals surface area contributed by atoms with Gasteiger partial charge in [0.15, 0.2) is 5.17 Å². The van der Waals surface area contributed by atoms with E-state index >= 15 is 0 Å². The highest BCUT2D eigenvalue weighted by atomic mass is 35.5. The van der Waals surface area contributed by atoms with Gasteiger partial charge < -0.3 is 10.1 Å². The van der Waals surface area contributed by atoms with Crippen LogP contribution >= 0.6 is 35.0 Å².